The van der Waals surface area contributed by atoms with Gasteiger partial charge in [0.05, 0.1) is 5.60 Å². The molecule has 0 aromatic carbocycles. The molecule has 0 amide bonds. The fourth-order valence-electron chi connectivity index (χ4n) is 3.80. The van der Waals surface area contributed by atoms with Crippen LogP contribution in [0.25, 0.3) is 0 Å². The van der Waals surface area contributed by atoms with Crippen LogP contribution in [0.3, 0.4) is 0 Å². The summed E-state index contributed by atoms with van der Waals surface area (Å²) >= 11 is 0. The summed E-state index contributed by atoms with van der Waals surface area (Å²) in [5.74, 6) is 0.976. The summed E-state index contributed by atoms with van der Waals surface area (Å²) in [6.45, 7) is 3.93. The van der Waals surface area contributed by atoms with Crippen molar-refractivity contribution in [3.05, 3.63) is 12.7 Å². The van der Waals surface area contributed by atoms with Gasteiger partial charge in [-0.1, -0.05) is 44.6 Å². The van der Waals surface area contributed by atoms with Crippen LogP contribution < -0.4 is 0 Å². The van der Waals surface area contributed by atoms with Crippen molar-refractivity contribution in [2.24, 2.45) is 11.8 Å². The summed E-state index contributed by atoms with van der Waals surface area (Å²) in [5.41, 5.74) is -0.555. The Morgan fingerprint density at radius 2 is 1.19 bits per heavy atom. The Hall–Kier alpha value is -0.300. The highest BCUT2D eigenvalue weighted by Crippen LogP contribution is 2.43. The molecule has 92 valence electrons. The minimum Gasteiger partial charge on any atom is -0.385 e. The molecular formula is C15H26O. The van der Waals surface area contributed by atoms with Crippen molar-refractivity contribution in [2.45, 2.75) is 69.8 Å². The number of hydrogen-bond donors (Lipinski definition) is 1. The quantitative estimate of drug-likeness (QED) is 0.714. The van der Waals surface area contributed by atoms with Gasteiger partial charge >= 0.3 is 0 Å². The van der Waals surface area contributed by atoms with Crippen LogP contribution in [0.5, 0.6) is 0 Å². The molecule has 2 aliphatic carbocycles. The minimum atomic E-state index is -0.555. The van der Waals surface area contributed by atoms with Gasteiger partial charge in [0.15, 0.2) is 0 Å². The van der Waals surface area contributed by atoms with Gasteiger partial charge in [-0.2, -0.15) is 0 Å². The molecule has 0 radical (unpaired) electrons. The summed E-state index contributed by atoms with van der Waals surface area (Å²) < 4.78 is 0. The van der Waals surface area contributed by atoms with Crippen molar-refractivity contribution >= 4 is 0 Å². The lowest BCUT2D eigenvalue weighted by Crippen LogP contribution is -2.45. The van der Waals surface area contributed by atoms with E-state index in [1.54, 1.807) is 0 Å². The van der Waals surface area contributed by atoms with Gasteiger partial charge in [-0.15, -0.1) is 6.58 Å². The summed E-state index contributed by atoms with van der Waals surface area (Å²) in [7, 11) is 0. The van der Waals surface area contributed by atoms with Crippen LogP contribution in [0.15, 0.2) is 12.7 Å². The molecule has 0 atom stereocenters. The second kappa shape index (κ2) is 5.35. The van der Waals surface area contributed by atoms with E-state index in [9.17, 15) is 5.11 Å². The van der Waals surface area contributed by atoms with E-state index in [0.29, 0.717) is 11.8 Å². The molecule has 16 heavy (non-hydrogen) atoms. The summed E-state index contributed by atoms with van der Waals surface area (Å²) in [4.78, 5) is 0. The molecule has 0 saturated heterocycles. The molecular weight excluding hydrogens is 196 g/mol. The number of aliphatic hydroxyl groups is 1. The molecule has 1 N–H and O–H groups in total. The zero-order chi connectivity index (χ0) is 11.4. The zero-order valence-corrected chi connectivity index (χ0v) is 10.5. The SMILES string of the molecule is C=CC(O)(C1CCCCC1)C1CCCCC1. The maximum absolute atomic E-state index is 11.0. The van der Waals surface area contributed by atoms with Crippen molar-refractivity contribution in [1.82, 2.24) is 0 Å². The third kappa shape index (κ3) is 2.34. The lowest BCUT2D eigenvalue weighted by molar-refractivity contribution is -0.0512. The van der Waals surface area contributed by atoms with Crippen molar-refractivity contribution < 1.29 is 5.11 Å². The maximum Gasteiger partial charge on any atom is 0.0881 e. The first kappa shape index (κ1) is 12.2. The molecule has 1 heteroatoms. The van der Waals surface area contributed by atoms with Crippen LogP contribution >= 0.6 is 0 Å². The van der Waals surface area contributed by atoms with E-state index in [1.807, 2.05) is 6.08 Å². The van der Waals surface area contributed by atoms with E-state index in [-0.39, 0.29) is 0 Å². The Morgan fingerprint density at radius 3 is 1.50 bits per heavy atom. The van der Waals surface area contributed by atoms with Crippen LogP contribution in [0.1, 0.15) is 64.2 Å². The van der Waals surface area contributed by atoms with E-state index in [4.69, 9.17) is 0 Å². The largest absolute Gasteiger partial charge is 0.385 e. The standard InChI is InChI=1S/C15H26O/c1-2-15(16,13-9-5-3-6-10-13)14-11-7-4-8-12-14/h2,13-14,16H,1,3-12H2. The average Bonchev–Trinajstić information content (AvgIpc) is 2.40. The van der Waals surface area contributed by atoms with E-state index in [1.165, 1.54) is 64.2 Å². The predicted molar refractivity (Wildman–Crippen MR) is 68.3 cm³/mol. The molecule has 0 aromatic heterocycles. The maximum atomic E-state index is 11.0. The van der Waals surface area contributed by atoms with Crippen LogP contribution in [-0.4, -0.2) is 10.7 Å². The van der Waals surface area contributed by atoms with Crippen molar-refractivity contribution in [1.29, 1.82) is 0 Å². The van der Waals surface area contributed by atoms with Crippen molar-refractivity contribution in [2.75, 3.05) is 0 Å². The zero-order valence-electron chi connectivity index (χ0n) is 10.5. The topological polar surface area (TPSA) is 20.2 Å². The van der Waals surface area contributed by atoms with Gasteiger partial charge in [0.25, 0.3) is 0 Å². The van der Waals surface area contributed by atoms with E-state index >= 15 is 0 Å². The van der Waals surface area contributed by atoms with Gasteiger partial charge in [-0.05, 0) is 37.5 Å². The molecule has 1 nitrogen and oxygen atoms in total. The smallest absolute Gasteiger partial charge is 0.0881 e. The van der Waals surface area contributed by atoms with Crippen LogP contribution in [-0.2, 0) is 0 Å². The highest BCUT2D eigenvalue weighted by atomic mass is 16.3. The summed E-state index contributed by atoms with van der Waals surface area (Å²) in [6, 6.07) is 0. The Balaban J connectivity index is 2.06. The lowest BCUT2D eigenvalue weighted by atomic mass is 9.66. The van der Waals surface area contributed by atoms with Crippen LogP contribution in [0.2, 0.25) is 0 Å². The van der Waals surface area contributed by atoms with E-state index in [2.05, 4.69) is 6.58 Å². The molecule has 2 saturated carbocycles. The molecule has 0 bridgehead atoms. The van der Waals surface area contributed by atoms with Gasteiger partial charge in [-0.3, -0.25) is 0 Å². The van der Waals surface area contributed by atoms with E-state index < -0.39 is 5.60 Å². The molecule has 2 fully saturated rings. The van der Waals surface area contributed by atoms with Crippen LogP contribution in [0.4, 0.5) is 0 Å². The molecule has 0 heterocycles. The Morgan fingerprint density at radius 1 is 0.812 bits per heavy atom. The fraction of sp³-hybridized carbons (Fsp3) is 0.867. The average molecular weight is 222 g/mol. The van der Waals surface area contributed by atoms with Crippen LogP contribution in [0, 0.1) is 11.8 Å². The number of rotatable bonds is 3. The Kier molecular flexibility index (Phi) is 4.07. The van der Waals surface area contributed by atoms with Crippen molar-refractivity contribution in [3.8, 4) is 0 Å². The third-order valence-electron chi connectivity index (χ3n) is 4.85. The normalized spacial score (nSPS) is 25.6. The predicted octanol–water partition coefficient (Wildman–Crippen LogP) is 4.06. The minimum absolute atomic E-state index is 0.488. The van der Waals surface area contributed by atoms with Gasteiger partial charge in [0.2, 0.25) is 0 Å². The fourth-order valence-corrected chi connectivity index (χ4v) is 3.80. The Bertz CT molecular complexity index is 204. The summed E-state index contributed by atoms with van der Waals surface area (Å²) in [6.07, 6.45) is 14.6. The van der Waals surface area contributed by atoms with Gasteiger partial charge < -0.3 is 5.11 Å². The first-order valence-electron chi connectivity index (χ1n) is 7.13. The van der Waals surface area contributed by atoms with Crippen molar-refractivity contribution in [3.63, 3.8) is 0 Å². The monoisotopic (exact) mass is 222 g/mol. The van der Waals surface area contributed by atoms with Gasteiger partial charge in [0, 0.05) is 0 Å². The van der Waals surface area contributed by atoms with E-state index in [0.717, 1.165) is 0 Å². The molecule has 2 aliphatic rings. The second-order valence-corrected chi connectivity index (χ2v) is 5.76. The third-order valence-corrected chi connectivity index (χ3v) is 4.85. The number of hydrogen-bond acceptors (Lipinski definition) is 1. The Labute approximate surface area is 99.9 Å². The highest BCUT2D eigenvalue weighted by molar-refractivity contribution is 5.05. The first-order valence-corrected chi connectivity index (χ1v) is 7.13. The summed E-state index contributed by atoms with van der Waals surface area (Å²) in [5, 5.41) is 11.0. The van der Waals surface area contributed by atoms with Gasteiger partial charge in [0.1, 0.15) is 0 Å². The lowest BCUT2D eigenvalue weighted by Gasteiger charge is -2.43. The first-order chi connectivity index (χ1) is 7.77. The molecule has 2 rings (SSSR count). The second-order valence-electron chi connectivity index (χ2n) is 5.76. The molecule has 0 unspecified atom stereocenters. The van der Waals surface area contributed by atoms with Gasteiger partial charge in [-0.25, -0.2) is 0 Å². The molecule has 0 spiro atoms. The molecule has 0 aromatic rings. The molecule has 0 aliphatic heterocycles. The highest BCUT2D eigenvalue weighted by Gasteiger charge is 2.41.